The normalized spacial score (nSPS) is 19.5. The minimum Gasteiger partial charge on any atom is -0.478 e. The Kier molecular flexibility index (Phi) is 4.81. The van der Waals surface area contributed by atoms with Crippen LogP contribution in [0.2, 0.25) is 0 Å². The Morgan fingerprint density at radius 1 is 1.25 bits per heavy atom. The van der Waals surface area contributed by atoms with Crippen LogP contribution in [0.1, 0.15) is 46.9 Å². The third-order valence-electron chi connectivity index (χ3n) is 3.59. The number of amides is 1. The SMILES string of the molecule is CC1CCCCN(C(=O)c2cc(Br)cc(C(=O)O)c2)C1. The molecule has 0 aromatic heterocycles. The average Bonchev–Trinajstić information content (AvgIpc) is 2.61. The van der Waals surface area contributed by atoms with Crippen LogP contribution in [-0.4, -0.2) is 35.0 Å². The number of carboxylic acid groups (broad SMARTS) is 1. The van der Waals surface area contributed by atoms with Gasteiger partial charge >= 0.3 is 5.97 Å². The van der Waals surface area contributed by atoms with Crippen LogP contribution in [0.25, 0.3) is 0 Å². The minimum absolute atomic E-state index is 0.0810. The summed E-state index contributed by atoms with van der Waals surface area (Å²) >= 11 is 3.27. The maximum atomic E-state index is 12.5. The fraction of sp³-hybridized carbons (Fsp3) is 0.467. The third-order valence-corrected chi connectivity index (χ3v) is 4.04. The molecule has 4 nitrogen and oxygen atoms in total. The van der Waals surface area contributed by atoms with Gasteiger partial charge < -0.3 is 10.0 Å². The molecule has 0 spiro atoms. The van der Waals surface area contributed by atoms with E-state index in [1.807, 2.05) is 4.90 Å². The summed E-state index contributed by atoms with van der Waals surface area (Å²) in [5, 5.41) is 9.07. The number of carbonyl (C=O) groups is 2. The molecular weight excluding hydrogens is 322 g/mol. The van der Waals surface area contributed by atoms with Crippen LogP contribution in [0.3, 0.4) is 0 Å². The molecule has 0 radical (unpaired) electrons. The van der Waals surface area contributed by atoms with Crippen molar-refractivity contribution in [2.24, 2.45) is 5.92 Å². The highest BCUT2D eigenvalue weighted by Crippen LogP contribution is 2.21. The summed E-state index contributed by atoms with van der Waals surface area (Å²) in [5.74, 6) is -0.611. The van der Waals surface area contributed by atoms with Gasteiger partial charge in [-0.1, -0.05) is 29.3 Å². The van der Waals surface area contributed by atoms with Crippen LogP contribution < -0.4 is 0 Å². The summed E-state index contributed by atoms with van der Waals surface area (Å²) in [6.07, 6.45) is 3.29. The van der Waals surface area contributed by atoms with Crippen LogP contribution in [0.4, 0.5) is 0 Å². The number of nitrogens with zero attached hydrogens (tertiary/aromatic N) is 1. The molecule has 1 unspecified atom stereocenters. The Balaban J connectivity index is 2.25. The summed E-state index contributed by atoms with van der Waals surface area (Å²) in [7, 11) is 0. The number of hydrogen-bond donors (Lipinski definition) is 1. The number of rotatable bonds is 2. The molecule has 1 fully saturated rings. The third kappa shape index (κ3) is 3.60. The highest BCUT2D eigenvalue weighted by molar-refractivity contribution is 9.10. The first kappa shape index (κ1) is 15.0. The highest BCUT2D eigenvalue weighted by Gasteiger charge is 2.21. The number of hydrogen-bond acceptors (Lipinski definition) is 2. The first-order valence-electron chi connectivity index (χ1n) is 6.80. The van der Waals surface area contributed by atoms with Crippen molar-refractivity contribution in [3.05, 3.63) is 33.8 Å². The molecule has 2 rings (SSSR count). The first-order chi connectivity index (χ1) is 9.47. The minimum atomic E-state index is -1.02. The van der Waals surface area contributed by atoms with Gasteiger partial charge in [-0.05, 0) is 37.0 Å². The molecule has 1 aliphatic heterocycles. The van der Waals surface area contributed by atoms with E-state index in [-0.39, 0.29) is 11.5 Å². The lowest BCUT2D eigenvalue weighted by molar-refractivity contribution is 0.0697. The predicted octanol–water partition coefficient (Wildman–Crippen LogP) is 3.41. The molecule has 108 valence electrons. The zero-order chi connectivity index (χ0) is 14.7. The molecule has 0 aliphatic carbocycles. The molecule has 20 heavy (non-hydrogen) atoms. The molecule has 1 saturated heterocycles. The molecule has 1 aliphatic rings. The summed E-state index contributed by atoms with van der Waals surface area (Å²) in [4.78, 5) is 25.4. The second-order valence-corrected chi connectivity index (χ2v) is 6.30. The van der Waals surface area contributed by atoms with E-state index in [2.05, 4.69) is 22.9 Å². The van der Waals surface area contributed by atoms with E-state index in [4.69, 9.17) is 5.11 Å². The topological polar surface area (TPSA) is 57.6 Å². The largest absolute Gasteiger partial charge is 0.478 e. The molecule has 5 heteroatoms. The molecule has 1 aromatic rings. The van der Waals surface area contributed by atoms with Crippen molar-refractivity contribution in [2.75, 3.05) is 13.1 Å². The van der Waals surface area contributed by atoms with Crippen LogP contribution >= 0.6 is 15.9 Å². The Morgan fingerprint density at radius 2 is 1.95 bits per heavy atom. The number of aromatic carboxylic acids is 1. The molecule has 1 atom stereocenters. The van der Waals surface area contributed by atoms with E-state index in [9.17, 15) is 9.59 Å². The van der Waals surface area contributed by atoms with Gasteiger partial charge in [0.2, 0.25) is 0 Å². The average molecular weight is 340 g/mol. The maximum Gasteiger partial charge on any atom is 0.335 e. The first-order valence-corrected chi connectivity index (χ1v) is 7.60. The van der Waals surface area contributed by atoms with E-state index in [0.29, 0.717) is 16.0 Å². The molecule has 1 N–H and O–H groups in total. The molecular formula is C15H18BrNO3. The molecule has 1 amide bonds. The quantitative estimate of drug-likeness (QED) is 0.898. The predicted molar refractivity (Wildman–Crippen MR) is 80.0 cm³/mol. The van der Waals surface area contributed by atoms with E-state index < -0.39 is 5.97 Å². The van der Waals surface area contributed by atoms with Crippen LogP contribution in [0, 0.1) is 5.92 Å². The van der Waals surface area contributed by atoms with Crippen molar-refractivity contribution in [3.63, 3.8) is 0 Å². The fourth-order valence-electron chi connectivity index (χ4n) is 2.56. The zero-order valence-corrected chi connectivity index (χ0v) is 13.0. The highest BCUT2D eigenvalue weighted by atomic mass is 79.9. The van der Waals surface area contributed by atoms with Gasteiger partial charge in [-0.3, -0.25) is 4.79 Å². The lowest BCUT2D eigenvalue weighted by Crippen LogP contribution is -2.34. The van der Waals surface area contributed by atoms with E-state index in [0.717, 1.165) is 32.4 Å². The van der Waals surface area contributed by atoms with Crippen molar-refractivity contribution in [3.8, 4) is 0 Å². The second-order valence-electron chi connectivity index (χ2n) is 5.39. The van der Waals surface area contributed by atoms with Crippen molar-refractivity contribution >= 4 is 27.8 Å². The summed E-state index contributed by atoms with van der Waals surface area (Å²) in [6.45, 7) is 3.64. The summed E-state index contributed by atoms with van der Waals surface area (Å²) in [5.41, 5.74) is 0.566. The Bertz CT molecular complexity index is 530. The Hall–Kier alpha value is -1.36. The van der Waals surface area contributed by atoms with Gasteiger partial charge in [0.1, 0.15) is 0 Å². The van der Waals surface area contributed by atoms with Gasteiger partial charge in [-0.15, -0.1) is 0 Å². The number of likely N-dealkylation sites (tertiary alicyclic amines) is 1. The van der Waals surface area contributed by atoms with Gasteiger partial charge in [0, 0.05) is 23.1 Å². The number of benzene rings is 1. The van der Waals surface area contributed by atoms with E-state index >= 15 is 0 Å². The van der Waals surface area contributed by atoms with Gasteiger partial charge in [0.25, 0.3) is 5.91 Å². The van der Waals surface area contributed by atoms with Gasteiger partial charge in [-0.2, -0.15) is 0 Å². The van der Waals surface area contributed by atoms with Crippen LogP contribution in [0.5, 0.6) is 0 Å². The Morgan fingerprint density at radius 3 is 2.65 bits per heavy atom. The van der Waals surface area contributed by atoms with E-state index in [1.165, 1.54) is 12.1 Å². The summed E-state index contributed by atoms with van der Waals surface area (Å²) < 4.78 is 0.614. The van der Waals surface area contributed by atoms with Gasteiger partial charge in [0.15, 0.2) is 0 Å². The van der Waals surface area contributed by atoms with Crippen molar-refractivity contribution in [2.45, 2.75) is 26.2 Å². The lowest BCUT2D eigenvalue weighted by atomic mass is 10.1. The molecule has 1 aromatic carbocycles. The molecule has 0 bridgehead atoms. The maximum absolute atomic E-state index is 12.5. The monoisotopic (exact) mass is 339 g/mol. The second kappa shape index (κ2) is 6.39. The van der Waals surface area contributed by atoms with E-state index in [1.54, 1.807) is 6.07 Å². The number of halogens is 1. The lowest BCUT2D eigenvalue weighted by Gasteiger charge is -2.23. The van der Waals surface area contributed by atoms with Crippen LogP contribution in [-0.2, 0) is 0 Å². The van der Waals surface area contributed by atoms with Gasteiger partial charge in [0.05, 0.1) is 5.56 Å². The molecule has 1 heterocycles. The summed E-state index contributed by atoms with van der Waals surface area (Å²) in [6, 6.07) is 4.64. The smallest absolute Gasteiger partial charge is 0.335 e. The Labute approximate surface area is 126 Å². The molecule has 0 saturated carbocycles. The fourth-order valence-corrected chi connectivity index (χ4v) is 3.05. The standard InChI is InChI=1S/C15H18BrNO3/c1-10-4-2-3-5-17(9-10)14(18)11-6-12(15(19)20)8-13(16)7-11/h6-8,10H,2-5,9H2,1H3,(H,19,20). The number of carbonyl (C=O) groups excluding carboxylic acids is 1. The van der Waals surface area contributed by atoms with Crippen LogP contribution in [0.15, 0.2) is 22.7 Å². The van der Waals surface area contributed by atoms with Crippen molar-refractivity contribution in [1.82, 2.24) is 4.90 Å². The van der Waals surface area contributed by atoms with Crippen molar-refractivity contribution < 1.29 is 14.7 Å². The number of carboxylic acids is 1. The van der Waals surface area contributed by atoms with Gasteiger partial charge in [-0.25, -0.2) is 4.79 Å². The van der Waals surface area contributed by atoms with Crippen molar-refractivity contribution in [1.29, 1.82) is 0 Å². The zero-order valence-electron chi connectivity index (χ0n) is 11.4.